The minimum absolute atomic E-state index is 0.181. The smallest absolute Gasteiger partial charge is 0.164 e. The van der Waals surface area contributed by atoms with E-state index in [2.05, 4.69) is 69.8 Å². The summed E-state index contributed by atoms with van der Waals surface area (Å²) in [6, 6.07) is 0. The minimum Gasteiger partial charge on any atom is -0.294 e. The van der Waals surface area contributed by atoms with Crippen molar-refractivity contribution in [2.75, 3.05) is 0 Å². The lowest BCUT2D eigenvalue weighted by Gasteiger charge is -2.35. The number of carbonyl (C=O) groups is 1. The third-order valence-electron chi connectivity index (χ3n) is 4.00. The molecule has 0 radical (unpaired) electrons. The number of Topliss-reactive ketones (excluding diaryl/α,β-unsaturated/α-hetero) is 1. The second kappa shape index (κ2) is 6.62. The molecule has 0 heterocycles. The van der Waals surface area contributed by atoms with Gasteiger partial charge in [-0.25, -0.2) is 0 Å². The molecule has 1 rings (SSSR count). The maximum absolute atomic E-state index is 12.6. The van der Waals surface area contributed by atoms with Gasteiger partial charge in [-0.1, -0.05) is 69.8 Å². The van der Waals surface area contributed by atoms with E-state index in [4.69, 9.17) is 11.6 Å². The molecular weight excluding hydrogens is 324 g/mol. The predicted octanol–water partition coefficient (Wildman–Crippen LogP) is 5.76. The number of alkyl halides is 1. The lowest BCUT2D eigenvalue weighted by molar-refractivity contribution is -0.116. The monoisotopic (exact) mass is 354 g/mol. The Morgan fingerprint density at radius 2 is 1.50 bits per heavy atom. The number of carbonyl (C=O) groups excluding carboxylic acids is 1. The van der Waals surface area contributed by atoms with Crippen LogP contribution in [0.5, 0.6) is 0 Å². The number of hydrogen-bond donors (Lipinski definition) is 0. The molecule has 2 atom stereocenters. The molecule has 0 fully saturated rings. The fraction of sp³-hybridized carbons (Fsp3) is 0.611. The largest absolute Gasteiger partial charge is 0.294 e. The molecule has 0 aliphatic heterocycles. The molecular formula is C18H31ClOSi2. The molecule has 0 amide bonds. The van der Waals surface area contributed by atoms with E-state index in [-0.39, 0.29) is 11.7 Å². The molecule has 22 heavy (non-hydrogen) atoms. The summed E-state index contributed by atoms with van der Waals surface area (Å²) in [7, 11) is -2.65. The van der Waals surface area contributed by atoms with Gasteiger partial charge in [0.1, 0.15) is 0 Å². The van der Waals surface area contributed by atoms with Crippen LogP contribution in [-0.4, -0.2) is 26.8 Å². The van der Waals surface area contributed by atoms with Crippen LogP contribution in [0, 0.1) is 5.92 Å². The number of rotatable bonds is 4. The molecule has 1 aliphatic carbocycles. The Morgan fingerprint density at radius 1 is 1.05 bits per heavy atom. The van der Waals surface area contributed by atoms with Crippen molar-refractivity contribution < 1.29 is 4.79 Å². The standard InChI is InChI=1S/C18H31ClOSi2/c1-14-15(9-11-21(3,4)5)16(10-12-22(6,7)8)17(20)13-18(14,2)19/h9-12,14H,13H2,1-8H3/b11-9+,12-10+. The van der Waals surface area contributed by atoms with E-state index in [9.17, 15) is 4.79 Å². The molecule has 1 nitrogen and oxygen atoms in total. The lowest BCUT2D eigenvalue weighted by Crippen LogP contribution is -2.36. The number of halogens is 1. The SMILES string of the molecule is CC1C(/C=C/[Si](C)(C)C)=C(/C=C/[Si](C)(C)C)C(=O)CC1(C)Cl. The van der Waals surface area contributed by atoms with Crippen molar-refractivity contribution in [1.82, 2.24) is 0 Å². The Labute approximate surface area is 143 Å². The van der Waals surface area contributed by atoms with Crippen LogP contribution in [0.3, 0.4) is 0 Å². The van der Waals surface area contributed by atoms with Gasteiger partial charge in [-0.2, -0.15) is 0 Å². The Hall–Kier alpha value is -0.386. The van der Waals surface area contributed by atoms with Gasteiger partial charge in [0.15, 0.2) is 5.78 Å². The van der Waals surface area contributed by atoms with Crippen molar-refractivity contribution in [1.29, 1.82) is 0 Å². The normalized spacial score (nSPS) is 28.2. The molecule has 1 aliphatic rings. The minimum atomic E-state index is -1.33. The second-order valence-corrected chi connectivity index (χ2v) is 19.9. The molecule has 0 aromatic carbocycles. The van der Waals surface area contributed by atoms with E-state index in [1.54, 1.807) is 0 Å². The Balaban J connectivity index is 3.39. The zero-order valence-electron chi connectivity index (χ0n) is 15.4. The average Bonchev–Trinajstić information content (AvgIpc) is 2.27. The molecule has 2 unspecified atom stereocenters. The highest BCUT2D eigenvalue weighted by Gasteiger charge is 2.39. The second-order valence-electron chi connectivity index (χ2n) is 8.87. The van der Waals surface area contributed by atoms with Crippen molar-refractivity contribution >= 4 is 33.5 Å². The summed E-state index contributed by atoms with van der Waals surface area (Å²) in [5.74, 6) is 0.362. The van der Waals surface area contributed by atoms with E-state index >= 15 is 0 Å². The van der Waals surface area contributed by atoms with Crippen LogP contribution in [0.4, 0.5) is 0 Å². The van der Waals surface area contributed by atoms with Crippen LogP contribution in [0.2, 0.25) is 39.3 Å². The van der Waals surface area contributed by atoms with Crippen LogP contribution in [-0.2, 0) is 4.79 Å². The molecule has 0 saturated heterocycles. The average molecular weight is 355 g/mol. The van der Waals surface area contributed by atoms with Crippen molar-refractivity contribution in [3.05, 3.63) is 34.7 Å². The quantitative estimate of drug-likeness (QED) is 0.463. The molecule has 0 spiro atoms. The zero-order chi connectivity index (χ0) is 17.3. The van der Waals surface area contributed by atoms with Crippen LogP contribution < -0.4 is 0 Å². The van der Waals surface area contributed by atoms with Crippen molar-refractivity contribution in [3.8, 4) is 0 Å². The summed E-state index contributed by atoms with van der Waals surface area (Å²) in [6.45, 7) is 17.9. The molecule has 0 aromatic heterocycles. The van der Waals surface area contributed by atoms with Gasteiger partial charge in [0.25, 0.3) is 0 Å². The van der Waals surface area contributed by atoms with E-state index in [1.165, 1.54) is 0 Å². The summed E-state index contributed by atoms with van der Waals surface area (Å²) in [5.41, 5.74) is 6.56. The summed E-state index contributed by atoms with van der Waals surface area (Å²) >= 11 is 6.62. The van der Waals surface area contributed by atoms with Gasteiger partial charge >= 0.3 is 0 Å². The third-order valence-corrected chi connectivity index (χ3v) is 6.79. The number of allylic oxidation sites excluding steroid dienone is 4. The predicted molar refractivity (Wildman–Crippen MR) is 105 cm³/mol. The first-order chi connectivity index (χ1) is 9.73. The summed E-state index contributed by atoms with van der Waals surface area (Å²) in [5, 5.41) is 0. The molecule has 0 bridgehead atoms. The Bertz CT molecular complexity index is 528. The van der Waals surface area contributed by atoms with Gasteiger partial charge in [-0.3, -0.25) is 4.79 Å². The maximum Gasteiger partial charge on any atom is 0.164 e. The van der Waals surface area contributed by atoms with Crippen molar-refractivity contribution in [2.24, 2.45) is 5.92 Å². The van der Waals surface area contributed by atoms with Crippen molar-refractivity contribution in [3.63, 3.8) is 0 Å². The Morgan fingerprint density at radius 3 is 1.95 bits per heavy atom. The van der Waals surface area contributed by atoms with Crippen LogP contribution in [0.1, 0.15) is 20.3 Å². The lowest BCUT2D eigenvalue weighted by atomic mass is 9.75. The fourth-order valence-electron chi connectivity index (χ4n) is 2.38. The summed E-state index contributed by atoms with van der Waals surface area (Å²) in [4.78, 5) is 12.1. The number of hydrogen-bond acceptors (Lipinski definition) is 1. The van der Waals surface area contributed by atoms with Gasteiger partial charge in [-0.05, 0) is 12.5 Å². The molecule has 124 valence electrons. The number of ketones is 1. The first-order valence-electron chi connectivity index (χ1n) is 8.08. The van der Waals surface area contributed by atoms with Gasteiger partial charge in [-0.15, -0.1) is 11.6 Å². The molecule has 0 N–H and O–H groups in total. The van der Waals surface area contributed by atoms with Crippen LogP contribution in [0.25, 0.3) is 0 Å². The third kappa shape index (κ3) is 5.67. The zero-order valence-corrected chi connectivity index (χ0v) is 18.1. The molecule has 0 aromatic rings. The molecule has 0 saturated carbocycles. The first-order valence-corrected chi connectivity index (χ1v) is 15.6. The van der Waals surface area contributed by atoms with Crippen LogP contribution >= 0.6 is 11.6 Å². The highest BCUT2D eigenvalue weighted by Crippen LogP contribution is 2.41. The highest BCUT2D eigenvalue weighted by molar-refractivity contribution is 6.81. The van der Waals surface area contributed by atoms with E-state index < -0.39 is 21.0 Å². The van der Waals surface area contributed by atoms with E-state index in [1.807, 2.05) is 6.92 Å². The van der Waals surface area contributed by atoms with Gasteiger partial charge in [0.05, 0.1) is 21.0 Å². The first kappa shape index (κ1) is 19.7. The Kier molecular flexibility index (Phi) is 5.91. The topological polar surface area (TPSA) is 17.1 Å². The van der Waals surface area contributed by atoms with Gasteiger partial charge < -0.3 is 0 Å². The van der Waals surface area contributed by atoms with E-state index in [0.717, 1.165) is 11.1 Å². The van der Waals surface area contributed by atoms with Crippen molar-refractivity contribution in [2.45, 2.75) is 64.4 Å². The maximum atomic E-state index is 12.6. The summed E-state index contributed by atoms with van der Waals surface area (Å²) in [6.07, 6.45) is 4.67. The summed E-state index contributed by atoms with van der Waals surface area (Å²) < 4.78 is 0. The highest BCUT2D eigenvalue weighted by atomic mass is 35.5. The van der Waals surface area contributed by atoms with E-state index in [0.29, 0.717) is 6.42 Å². The van der Waals surface area contributed by atoms with Gasteiger partial charge in [0, 0.05) is 17.9 Å². The van der Waals surface area contributed by atoms with Crippen LogP contribution in [0.15, 0.2) is 34.7 Å². The molecule has 4 heteroatoms. The van der Waals surface area contributed by atoms with Gasteiger partial charge in [0.2, 0.25) is 0 Å². The fourth-order valence-corrected chi connectivity index (χ4v) is 3.96.